The van der Waals surface area contributed by atoms with Gasteiger partial charge in [0, 0.05) is 28.2 Å². The highest BCUT2D eigenvalue weighted by Gasteiger charge is 2.21. The van der Waals surface area contributed by atoms with Crippen LogP contribution in [0.4, 0.5) is 11.8 Å². The van der Waals surface area contributed by atoms with Crippen LogP contribution in [0.25, 0.3) is 11.2 Å². The van der Waals surface area contributed by atoms with Crippen molar-refractivity contribution in [3.63, 3.8) is 0 Å². The van der Waals surface area contributed by atoms with E-state index in [1.165, 1.54) is 9.13 Å². The van der Waals surface area contributed by atoms with Gasteiger partial charge in [0.15, 0.2) is 17.0 Å². The van der Waals surface area contributed by atoms with Gasteiger partial charge in [0.2, 0.25) is 5.95 Å². The van der Waals surface area contributed by atoms with Crippen molar-refractivity contribution in [3.05, 3.63) is 39.7 Å². The van der Waals surface area contributed by atoms with E-state index in [4.69, 9.17) is 15.7 Å². The predicted octanol–water partition coefficient (Wildman–Crippen LogP) is 5.15. The minimum absolute atomic E-state index is 0. The van der Waals surface area contributed by atoms with E-state index in [1.54, 1.807) is 0 Å². The van der Waals surface area contributed by atoms with Crippen LogP contribution in [-0.2, 0) is 6.54 Å². The van der Waals surface area contributed by atoms with E-state index < -0.39 is 0 Å². The second-order valence-electron chi connectivity index (χ2n) is 8.05. The predicted molar refractivity (Wildman–Crippen MR) is 141 cm³/mol. The number of nitrogens with one attached hydrogen (secondary N) is 2. The number of anilines is 2. The van der Waals surface area contributed by atoms with Gasteiger partial charge in [-0.25, -0.2) is 4.98 Å². The topological polar surface area (TPSA) is 93.7 Å². The zero-order chi connectivity index (χ0) is 20.4. The maximum atomic E-state index is 6.05. The summed E-state index contributed by atoms with van der Waals surface area (Å²) in [4.78, 5) is 14.2. The Bertz CT molecular complexity index is 987. The van der Waals surface area contributed by atoms with Gasteiger partial charge >= 0.3 is 0 Å². The average Bonchev–Trinajstić information content (AvgIpc) is 3.12. The summed E-state index contributed by atoms with van der Waals surface area (Å²) in [6.45, 7) is 4.96. The van der Waals surface area contributed by atoms with Crippen molar-refractivity contribution < 1.29 is 0 Å². The van der Waals surface area contributed by atoms with Crippen LogP contribution in [0.5, 0.6) is 0 Å². The first-order valence-corrected chi connectivity index (χ1v) is 11.3. The molecule has 170 valence electrons. The van der Waals surface area contributed by atoms with Crippen LogP contribution in [0, 0.1) is 3.57 Å². The van der Waals surface area contributed by atoms with Crippen LogP contribution in [-0.4, -0.2) is 31.6 Å². The molecule has 0 aliphatic heterocycles. The van der Waals surface area contributed by atoms with Crippen molar-refractivity contribution in [3.8, 4) is 0 Å². The number of nitrogens with two attached hydrogens (primary N) is 1. The molecule has 2 heterocycles. The number of hydrogen-bond acceptors (Lipinski definition) is 6. The molecule has 0 amide bonds. The molecule has 0 saturated heterocycles. The van der Waals surface area contributed by atoms with Gasteiger partial charge in [-0.05, 0) is 79.8 Å². The first kappa shape index (κ1) is 25.9. The van der Waals surface area contributed by atoms with E-state index in [9.17, 15) is 0 Å². The van der Waals surface area contributed by atoms with Gasteiger partial charge in [-0.15, -0.1) is 24.8 Å². The van der Waals surface area contributed by atoms with Gasteiger partial charge in [0.25, 0.3) is 0 Å². The van der Waals surface area contributed by atoms with Crippen LogP contribution in [0.15, 0.2) is 30.6 Å². The summed E-state index contributed by atoms with van der Waals surface area (Å²) >= 11 is 2.33. The van der Waals surface area contributed by atoms with E-state index in [2.05, 4.69) is 80.9 Å². The van der Waals surface area contributed by atoms with Crippen molar-refractivity contribution >= 4 is 70.3 Å². The highest BCUT2D eigenvalue weighted by atomic mass is 127. The summed E-state index contributed by atoms with van der Waals surface area (Å²) in [5.41, 5.74) is 8.93. The molecule has 10 heteroatoms. The summed E-state index contributed by atoms with van der Waals surface area (Å²) in [5.74, 6) is 1.42. The van der Waals surface area contributed by atoms with Crippen molar-refractivity contribution in [1.82, 2.24) is 19.5 Å². The zero-order valence-corrected chi connectivity index (χ0v) is 21.5. The number of rotatable bonds is 6. The maximum absolute atomic E-state index is 6.05. The second kappa shape index (κ2) is 11.5. The lowest BCUT2D eigenvalue weighted by Crippen LogP contribution is -2.33. The molecule has 0 bridgehead atoms. The molecule has 4 N–H and O–H groups in total. The number of aromatic nitrogens is 4. The number of imidazole rings is 1. The Balaban J connectivity index is 0.00000171. The fourth-order valence-corrected chi connectivity index (χ4v) is 4.37. The first-order chi connectivity index (χ1) is 14.0. The summed E-state index contributed by atoms with van der Waals surface area (Å²) in [6, 6.07) is 9.42. The van der Waals surface area contributed by atoms with E-state index in [0.717, 1.165) is 42.7 Å². The fourth-order valence-electron chi connectivity index (χ4n) is 3.76. The van der Waals surface area contributed by atoms with Crippen molar-refractivity contribution in [2.75, 3.05) is 10.6 Å². The molecule has 3 aromatic rings. The molecule has 0 atom stereocenters. The maximum Gasteiger partial charge on any atom is 0.227 e. The highest BCUT2D eigenvalue weighted by molar-refractivity contribution is 14.1. The van der Waals surface area contributed by atoms with Gasteiger partial charge in [0.05, 0.1) is 6.33 Å². The molecular weight excluding hydrogens is 548 g/mol. The van der Waals surface area contributed by atoms with Gasteiger partial charge in [-0.2, -0.15) is 9.97 Å². The Morgan fingerprint density at radius 2 is 1.90 bits per heavy atom. The molecule has 0 unspecified atom stereocenters. The quantitative estimate of drug-likeness (QED) is 0.351. The van der Waals surface area contributed by atoms with Crippen LogP contribution in [0.3, 0.4) is 0 Å². The fraction of sp³-hybridized carbons (Fsp3) is 0.476. The largest absolute Gasteiger partial charge is 0.364 e. The lowest BCUT2D eigenvalue weighted by atomic mass is 9.92. The van der Waals surface area contributed by atoms with E-state index in [-0.39, 0.29) is 30.9 Å². The molecule has 1 aromatic carbocycles. The summed E-state index contributed by atoms with van der Waals surface area (Å²) in [5, 5.41) is 7.01. The zero-order valence-electron chi connectivity index (χ0n) is 17.7. The van der Waals surface area contributed by atoms with Crippen LogP contribution < -0.4 is 16.4 Å². The molecule has 31 heavy (non-hydrogen) atoms. The monoisotopic (exact) mass is 577 g/mol. The van der Waals surface area contributed by atoms with Crippen LogP contribution >= 0.6 is 47.4 Å². The van der Waals surface area contributed by atoms with Crippen molar-refractivity contribution in [2.45, 2.75) is 64.2 Å². The first-order valence-electron chi connectivity index (χ1n) is 10.2. The third kappa shape index (κ3) is 6.34. The number of fused-ring (bicyclic) bond motifs is 1. The van der Waals surface area contributed by atoms with E-state index in [0.29, 0.717) is 24.6 Å². The number of nitrogens with zero attached hydrogens (tertiary/aromatic N) is 4. The number of benzene rings is 1. The van der Waals surface area contributed by atoms with E-state index in [1.807, 2.05) is 6.33 Å². The molecule has 1 saturated carbocycles. The Morgan fingerprint density at radius 3 is 2.58 bits per heavy atom. The Labute approximate surface area is 209 Å². The van der Waals surface area contributed by atoms with Gasteiger partial charge in [-0.3, -0.25) is 0 Å². The molecule has 4 rings (SSSR count). The van der Waals surface area contributed by atoms with Gasteiger partial charge < -0.3 is 20.9 Å². The van der Waals surface area contributed by atoms with Crippen LogP contribution in [0.1, 0.15) is 51.1 Å². The molecule has 7 nitrogen and oxygen atoms in total. The second-order valence-corrected chi connectivity index (χ2v) is 9.30. The molecule has 1 aliphatic rings. The Hall–Kier alpha value is -1.36. The molecule has 1 aliphatic carbocycles. The Kier molecular flexibility index (Phi) is 9.60. The van der Waals surface area contributed by atoms with E-state index >= 15 is 0 Å². The van der Waals surface area contributed by atoms with Crippen LogP contribution in [0.2, 0.25) is 0 Å². The normalized spacial score (nSPS) is 18.4. The number of halogens is 3. The standard InChI is InChI=1S/C21H28IN7.2ClH/c1-13(2)29-12-25-18-19(24-11-14-4-3-5-15(22)10-14)27-21(28-20(18)29)26-17-8-6-16(23)7-9-17;;/h3-5,10,12-13,16-17H,6-9,11,23H2,1-2H3,(H2,24,26,27,28);2*1H/t16-,17-;;. The number of hydrogen-bond donors (Lipinski definition) is 3. The lowest BCUT2D eigenvalue weighted by Gasteiger charge is -2.27. The minimum atomic E-state index is 0. The third-order valence-corrected chi connectivity index (χ3v) is 6.10. The minimum Gasteiger partial charge on any atom is -0.364 e. The average molecular weight is 578 g/mol. The van der Waals surface area contributed by atoms with Gasteiger partial charge in [-0.1, -0.05) is 12.1 Å². The summed E-state index contributed by atoms with van der Waals surface area (Å²) < 4.78 is 3.31. The smallest absolute Gasteiger partial charge is 0.227 e. The van der Waals surface area contributed by atoms with Crippen molar-refractivity contribution in [2.24, 2.45) is 5.73 Å². The molecule has 1 fully saturated rings. The Morgan fingerprint density at radius 1 is 1.16 bits per heavy atom. The highest BCUT2D eigenvalue weighted by Crippen LogP contribution is 2.26. The SMILES string of the molecule is CC(C)n1cnc2c(NCc3cccc(I)c3)nc(N[C@H]3CC[C@H](N)CC3)nc21.Cl.Cl. The third-order valence-electron chi connectivity index (χ3n) is 5.43. The molecule has 0 spiro atoms. The summed E-state index contributed by atoms with van der Waals surface area (Å²) in [7, 11) is 0. The van der Waals surface area contributed by atoms with Gasteiger partial charge in [0.1, 0.15) is 0 Å². The summed E-state index contributed by atoms with van der Waals surface area (Å²) in [6.07, 6.45) is 6.04. The molecule has 0 radical (unpaired) electrons. The molecule has 2 aromatic heterocycles. The van der Waals surface area contributed by atoms with Crippen molar-refractivity contribution in [1.29, 1.82) is 0 Å². The molecular formula is C21H30Cl2IN7. The lowest BCUT2D eigenvalue weighted by molar-refractivity contribution is 0.410.